The lowest BCUT2D eigenvalue weighted by Gasteiger charge is -2.31. The van der Waals surface area contributed by atoms with E-state index in [1.54, 1.807) is 0 Å². The number of benzene rings is 1. The van der Waals surface area contributed by atoms with Crippen LogP contribution in [-0.2, 0) is 6.54 Å². The fourth-order valence-electron chi connectivity index (χ4n) is 2.60. The molecular formula is C15H18ClN3O. The molecule has 3 rings (SSSR count). The number of rotatable bonds is 3. The van der Waals surface area contributed by atoms with E-state index in [1.165, 1.54) is 19.3 Å². The Kier molecular flexibility index (Phi) is 4.03. The zero-order valence-corrected chi connectivity index (χ0v) is 12.3. The molecule has 2 heterocycles. The van der Waals surface area contributed by atoms with Crippen LogP contribution in [0.15, 0.2) is 28.8 Å². The third kappa shape index (κ3) is 3.02. The largest absolute Gasteiger partial charge is 0.338 e. The van der Waals surface area contributed by atoms with Crippen molar-refractivity contribution in [3.05, 3.63) is 35.2 Å². The summed E-state index contributed by atoms with van der Waals surface area (Å²) in [5.74, 6) is 1.31. The summed E-state index contributed by atoms with van der Waals surface area (Å²) in [6.07, 6.45) is 3.82. The van der Waals surface area contributed by atoms with Gasteiger partial charge in [0.1, 0.15) is 0 Å². The second kappa shape index (κ2) is 5.94. The molecule has 5 heteroatoms. The SMILES string of the molecule is CC1CCCCN1Cc1nc(-c2ccc(Cl)cc2)no1. The molecule has 0 aliphatic carbocycles. The Hall–Kier alpha value is -1.39. The number of aromatic nitrogens is 2. The van der Waals surface area contributed by atoms with Crippen LogP contribution in [-0.4, -0.2) is 27.6 Å². The van der Waals surface area contributed by atoms with Crippen LogP contribution in [0.5, 0.6) is 0 Å². The van der Waals surface area contributed by atoms with Crippen molar-refractivity contribution < 1.29 is 4.52 Å². The van der Waals surface area contributed by atoms with Crippen molar-refractivity contribution in [1.82, 2.24) is 15.0 Å². The molecule has 106 valence electrons. The Morgan fingerprint density at radius 1 is 1.30 bits per heavy atom. The molecule has 1 fully saturated rings. The van der Waals surface area contributed by atoms with Gasteiger partial charge in [0.25, 0.3) is 0 Å². The fourth-order valence-corrected chi connectivity index (χ4v) is 2.73. The maximum Gasteiger partial charge on any atom is 0.241 e. The molecule has 0 N–H and O–H groups in total. The van der Waals surface area contributed by atoms with Gasteiger partial charge < -0.3 is 4.52 Å². The van der Waals surface area contributed by atoms with Gasteiger partial charge in [-0.05, 0) is 50.6 Å². The molecule has 1 unspecified atom stereocenters. The first-order chi connectivity index (χ1) is 9.72. The van der Waals surface area contributed by atoms with E-state index in [0.717, 1.165) is 18.7 Å². The molecule has 0 saturated carbocycles. The van der Waals surface area contributed by atoms with Crippen molar-refractivity contribution in [1.29, 1.82) is 0 Å². The van der Waals surface area contributed by atoms with Crippen molar-refractivity contribution in [3.63, 3.8) is 0 Å². The van der Waals surface area contributed by atoms with Crippen LogP contribution in [0.25, 0.3) is 11.4 Å². The quantitative estimate of drug-likeness (QED) is 0.863. The average Bonchev–Trinajstić information content (AvgIpc) is 2.91. The number of nitrogens with zero attached hydrogens (tertiary/aromatic N) is 3. The van der Waals surface area contributed by atoms with Gasteiger partial charge in [0.05, 0.1) is 6.54 Å². The molecule has 0 bridgehead atoms. The van der Waals surface area contributed by atoms with Crippen LogP contribution in [0, 0.1) is 0 Å². The number of halogens is 1. The van der Waals surface area contributed by atoms with Gasteiger partial charge in [0, 0.05) is 16.6 Å². The molecule has 0 radical (unpaired) electrons. The molecule has 20 heavy (non-hydrogen) atoms. The molecule has 1 aliphatic heterocycles. The lowest BCUT2D eigenvalue weighted by Crippen LogP contribution is -2.36. The van der Waals surface area contributed by atoms with E-state index in [0.29, 0.717) is 22.8 Å². The van der Waals surface area contributed by atoms with E-state index in [9.17, 15) is 0 Å². The van der Waals surface area contributed by atoms with E-state index in [2.05, 4.69) is 22.0 Å². The summed E-state index contributed by atoms with van der Waals surface area (Å²) < 4.78 is 5.36. The van der Waals surface area contributed by atoms with Gasteiger partial charge in [-0.3, -0.25) is 4.90 Å². The van der Waals surface area contributed by atoms with Gasteiger partial charge >= 0.3 is 0 Å². The first-order valence-corrected chi connectivity index (χ1v) is 7.43. The fraction of sp³-hybridized carbons (Fsp3) is 0.467. The lowest BCUT2D eigenvalue weighted by molar-refractivity contribution is 0.135. The van der Waals surface area contributed by atoms with Crippen molar-refractivity contribution in [2.75, 3.05) is 6.54 Å². The summed E-state index contributed by atoms with van der Waals surface area (Å²) in [6.45, 7) is 4.11. The molecular weight excluding hydrogens is 274 g/mol. The third-order valence-corrected chi connectivity index (χ3v) is 4.10. The Bertz CT molecular complexity index is 567. The van der Waals surface area contributed by atoms with Crippen LogP contribution in [0.2, 0.25) is 5.02 Å². The number of hydrogen-bond acceptors (Lipinski definition) is 4. The van der Waals surface area contributed by atoms with Crippen molar-refractivity contribution in [2.24, 2.45) is 0 Å². The first kappa shape index (κ1) is 13.6. The number of piperidine rings is 1. The zero-order valence-electron chi connectivity index (χ0n) is 11.6. The predicted octanol–water partition coefficient (Wildman–Crippen LogP) is 3.76. The predicted molar refractivity (Wildman–Crippen MR) is 78.5 cm³/mol. The molecule has 1 aromatic heterocycles. The smallest absolute Gasteiger partial charge is 0.241 e. The zero-order chi connectivity index (χ0) is 13.9. The van der Waals surface area contributed by atoms with Crippen LogP contribution < -0.4 is 0 Å². The highest BCUT2D eigenvalue weighted by atomic mass is 35.5. The third-order valence-electron chi connectivity index (χ3n) is 3.85. The van der Waals surface area contributed by atoms with Crippen molar-refractivity contribution in [2.45, 2.75) is 38.8 Å². The van der Waals surface area contributed by atoms with Gasteiger partial charge in [-0.1, -0.05) is 23.2 Å². The summed E-state index contributed by atoms with van der Waals surface area (Å²) in [5.41, 5.74) is 0.927. The van der Waals surface area contributed by atoms with Gasteiger partial charge in [-0.2, -0.15) is 4.98 Å². The highest BCUT2D eigenvalue weighted by Crippen LogP contribution is 2.21. The van der Waals surface area contributed by atoms with E-state index < -0.39 is 0 Å². The minimum atomic E-state index is 0.592. The standard InChI is InChI=1S/C15H18ClN3O/c1-11-4-2-3-9-19(11)10-14-17-15(18-20-14)12-5-7-13(16)8-6-12/h5-8,11H,2-4,9-10H2,1H3. The highest BCUT2D eigenvalue weighted by molar-refractivity contribution is 6.30. The van der Waals surface area contributed by atoms with Crippen molar-refractivity contribution in [3.8, 4) is 11.4 Å². The summed E-state index contributed by atoms with van der Waals surface area (Å²) in [7, 11) is 0. The molecule has 4 nitrogen and oxygen atoms in total. The minimum Gasteiger partial charge on any atom is -0.338 e. The summed E-state index contributed by atoms with van der Waals surface area (Å²) in [4.78, 5) is 6.88. The lowest BCUT2D eigenvalue weighted by atomic mass is 10.0. The van der Waals surface area contributed by atoms with Crippen LogP contribution >= 0.6 is 11.6 Å². The molecule has 2 aromatic rings. The summed E-state index contributed by atoms with van der Waals surface area (Å²) >= 11 is 5.88. The topological polar surface area (TPSA) is 42.2 Å². The molecule has 0 amide bonds. The van der Waals surface area contributed by atoms with Crippen LogP contribution in [0.1, 0.15) is 32.1 Å². The normalized spacial score (nSPS) is 20.2. The minimum absolute atomic E-state index is 0.592. The number of hydrogen-bond donors (Lipinski definition) is 0. The van der Waals surface area contributed by atoms with E-state index in [1.807, 2.05) is 24.3 Å². The van der Waals surface area contributed by atoms with Crippen molar-refractivity contribution >= 4 is 11.6 Å². The van der Waals surface area contributed by atoms with Gasteiger partial charge in [-0.15, -0.1) is 0 Å². The molecule has 1 aliphatic rings. The maximum atomic E-state index is 5.88. The highest BCUT2D eigenvalue weighted by Gasteiger charge is 2.20. The molecule has 1 saturated heterocycles. The molecule has 0 spiro atoms. The second-order valence-corrected chi connectivity index (χ2v) is 5.77. The Balaban J connectivity index is 1.71. The van der Waals surface area contributed by atoms with Crippen LogP contribution in [0.4, 0.5) is 0 Å². The van der Waals surface area contributed by atoms with E-state index in [-0.39, 0.29) is 0 Å². The van der Waals surface area contributed by atoms with E-state index >= 15 is 0 Å². The maximum absolute atomic E-state index is 5.88. The monoisotopic (exact) mass is 291 g/mol. The Morgan fingerprint density at radius 3 is 2.85 bits per heavy atom. The number of likely N-dealkylation sites (tertiary alicyclic amines) is 1. The van der Waals surface area contributed by atoms with Gasteiger partial charge in [0.2, 0.25) is 11.7 Å². The Labute approximate surface area is 123 Å². The summed E-state index contributed by atoms with van der Waals surface area (Å²) in [5, 5.41) is 4.76. The Morgan fingerprint density at radius 2 is 2.10 bits per heavy atom. The summed E-state index contributed by atoms with van der Waals surface area (Å²) in [6, 6.07) is 8.06. The molecule has 1 atom stereocenters. The van der Waals surface area contributed by atoms with Gasteiger partial charge in [-0.25, -0.2) is 0 Å². The molecule has 1 aromatic carbocycles. The average molecular weight is 292 g/mol. The van der Waals surface area contributed by atoms with Crippen LogP contribution in [0.3, 0.4) is 0 Å². The van der Waals surface area contributed by atoms with Gasteiger partial charge in [0.15, 0.2) is 0 Å². The second-order valence-electron chi connectivity index (χ2n) is 5.33. The first-order valence-electron chi connectivity index (χ1n) is 7.05. The van der Waals surface area contributed by atoms with E-state index in [4.69, 9.17) is 16.1 Å².